The minimum absolute atomic E-state index is 0.459. The number of hydrogen-bond acceptors (Lipinski definition) is 4. The van der Waals surface area contributed by atoms with Crippen LogP contribution in [0.15, 0.2) is 26.9 Å². The highest BCUT2D eigenvalue weighted by molar-refractivity contribution is 7.98. The summed E-state index contributed by atoms with van der Waals surface area (Å²) in [6.07, 6.45) is 1.95. The molecular weight excluding hydrogens is 288 g/mol. The van der Waals surface area contributed by atoms with Gasteiger partial charge >= 0.3 is 11.1 Å². The lowest BCUT2D eigenvalue weighted by atomic mass is 10.2. The second-order valence-corrected chi connectivity index (χ2v) is 5.50. The van der Waals surface area contributed by atoms with Crippen LogP contribution in [-0.2, 0) is 13.1 Å². The van der Waals surface area contributed by atoms with Crippen LogP contribution in [0.1, 0.15) is 13.8 Å². The van der Waals surface area contributed by atoms with E-state index in [1.807, 2.05) is 32.2 Å². The van der Waals surface area contributed by atoms with Gasteiger partial charge in [-0.25, -0.2) is 4.98 Å². The van der Waals surface area contributed by atoms with Gasteiger partial charge in [0, 0.05) is 13.1 Å². The quantitative estimate of drug-likeness (QED) is 0.591. The highest BCUT2D eigenvalue weighted by atomic mass is 32.2. The van der Waals surface area contributed by atoms with Gasteiger partial charge in [-0.15, -0.1) is 0 Å². The molecule has 2 aromatic heterocycles. The average molecular weight is 304 g/mol. The van der Waals surface area contributed by atoms with Crippen LogP contribution in [0.3, 0.4) is 0 Å². The lowest BCUT2D eigenvalue weighted by Gasteiger charge is -2.12. The van der Waals surface area contributed by atoms with Crippen molar-refractivity contribution < 1.29 is 0 Å². The number of aromatic nitrogens is 4. The zero-order valence-electron chi connectivity index (χ0n) is 12.1. The molecule has 0 radical (unpaired) electrons. The fourth-order valence-electron chi connectivity index (χ4n) is 2.62. The van der Waals surface area contributed by atoms with Crippen molar-refractivity contribution in [2.45, 2.75) is 32.1 Å². The molecule has 110 valence electrons. The summed E-state index contributed by atoms with van der Waals surface area (Å²) in [6, 6.07) is 3.77. The summed E-state index contributed by atoms with van der Waals surface area (Å²) in [4.78, 5) is 32.1. The van der Waals surface area contributed by atoms with Crippen LogP contribution in [0.5, 0.6) is 0 Å². The van der Waals surface area contributed by atoms with Crippen LogP contribution in [0.4, 0.5) is 0 Å². The Balaban J connectivity index is 2.55. The molecule has 0 unspecified atom stereocenters. The third-order valence-electron chi connectivity index (χ3n) is 3.64. The molecular formula is C14H16N4O2S. The molecule has 0 spiro atoms. The van der Waals surface area contributed by atoms with Crippen LogP contribution in [0.25, 0.3) is 22.1 Å². The summed E-state index contributed by atoms with van der Waals surface area (Å²) >= 11 is 1.52. The smallest absolute Gasteiger partial charge is 0.316 e. The summed E-state index contributed by atoms with van der Waals surface area (Å²) in [5.74, 6) is 0. The van der Waals surface area contributed by atoms with Gasteiger partial charge in [0.25, 0.3) is 0 Å². The lowest BCUT2D eigenvalue weighted by Crippen LogP contribution is -2.41. The SMILES string of the molecule is CCn1c(=O)c(=O)n(CC)c2cc3[nH]c(SC)nc3cc21. The number of imidazole rings is 1. The zero-order valence-corrected chi connectivity index (χ0v) is 13.0. The topological polar surface area (TPSA) is 72.7 Å². The molecule has 6 nitrogen and oxygen atoms in total. The number of aromatic amines is 1. The Morgan fingerprint density at radius 1 is 1.10 bits per heavy atom. The first-order valence-electron chi connectivity index (χ1n) is 6.81. The van der Waals surface area contributed by atoms with Gasteiger partial charge in [-0.1, -0.05) is 11.8 Å². The van der Waals surface area contributed by atoms with Crippen LogP contribution in [0, 0.1) is 0 Å². The summed E-state index contributed by atoms with van der Waals surface area (Å²) in [7, 11) is 0. The molecule has 0 fully saturated rings. The normalized spacial score (nSPS) is 11.6. The number of H-pyrrole nitrogens is 1. The summed E-state index contributed by atoms with van der Waals surface area (Å²) in [5.41, 5.74) is 2.22. The third-order valence-corrected chi connectivity index (χ3v) is 4.22. The van der Waals surface area contributed by atoms with Crippen LogP contribution >= 0.6 is 11.8 Å². The number of rotatable bonds is 3. The molecule has 2 heterocycles. The van der Waals surface area contributed by atoms with Gasteiger partial charge in [0.1, 0.15) is 0 Å². The molecule has 1 aromatic carbocycles. The van der Waals surface area contributed by atoms with Gasteiger partial charge in [-0.2, -0.15) is 0 Å². The molecule has 3 rings (SSSR count). The standard InChI is InChI=1S/C14H16N4O2S/c1-4-17-10-6-8-9(16-14(15-8)21-3)7-11(10)18(5-2)13(20)12(17)19/h6-7H,4-5H2,1-3H3,(H,15,16). The molecule has 0 bridgehead atoms. The Labute approximate surface area is 124 Å². The van der Waals surface area contributed by atoms with E-state index in [0.29, 0.717) is 13.1 Å². The summed E-state index contributed by atoms with van der Waals surface area (Å²) < 4.78 is 3.03. The molecule has 0 saturated heterocycles. The lowest BCUT2D eigenvalue weighted by molar-refractivity contribution is 0.683. The first-order valence-corrected chi connectivity index (χ1v) is 8.04. The molecule has 1 N–H and O–H groups in total. The zero-order chi connectivity index (χ0) is 15.1. The number of benzene rings is 1. The first kappa shape index (κ1) is 13.9. The van der Waals surface area contributed by atoms with Crippen LogP contribution < -0.4 is 11.1 Å². The van der Waals surface area contributed by atoms with Crippen LogP contribution in [-0.4, -0.2) is 25.4 Å². The maximum Gasteiger partial charge on any atom is 0.316 e. The van der Waals surface area contributed by atoms with Crippen molar-refractivity contribution in [2.75, 3.05) is 6.26 Å². The van der Waals surface area contributed by atoms with E-state index in [2.05, 4.69) is 9.97 Å². The van der Waals surface area contributed by atoms with E-state index in [4.69, 9.17) is 0 Å². The first-order chi connectivity index (χ1) is 10.1. The number of aryl methyl sites for hydroxylation is 2. The molecule has 0 aliphatic rings. The van der Waals surface area contributed by atoms with Crippen molar-refractivity contribution >= 4 is 33.8 Å². The fourth-order valence-corrected chi connectivity index (χ4v) is 3.02. The van der Waals surface area contributed by atoms with Crippen molar-refractivity contribution in [3.63, 3.8) is 0 Å². The van der Waals surface area contributed by atoms with Gasteiger partial charge in [-0.3, -0.25) is 9.59 Å². The maximum atomic E-state index is 12.2. The second kappa shape index (κ2) is 5.07. The third kappa shape index (κ3) is 1.99. The van der Waals surface area contributed by atoms with E-state index in [9.17, 15) is 9.59 Å². The Morgan fingerprint density at radius 3 is 2.19 bits per heavy atom. The fraction of sp³-hybridized carbons (Fsp3) is 0.357. The molecule has 0 aliphatic heterocycles. The van der Waals surface area contributed by atoms with Gasteiger partial charge in [-0.05, 0) is 32.2 Å². The highest BCUT2D eigenvalue weighted by Crippen LogP contribution is 2.22. The van der Waals surface area contributed by atoms with Gasteiger partial charge in [0.2, 0.25) is 0 Å². The van der Waals surface area contributed by atoms with E-state index in [1.165, 1.54) is 20.9 Å². The van der Waals surface area contributed by atoms with Gasteiger partial charge < -0.3 is 14.1 Å². The number of nitrogens with one attached hydrogen (secondary N) is 1. The minimum Gasteiger partial charge on any atom is -0.333 e. The molecule has 0 aliphatic carbocycles. The highest BCUT2D eigenvalue weighted by Gasteiger charge is 2.13. The van der Waals surface area contributed by atoms with E-state index in [-0.39, 0.29) is 0 Å². The monoisotopic (exact) mass is 304 g/mol. The largest absolute Gasteiger partial charge is 0.333 e. The van der Waals surface area contributed by atoms with Crippen LogP contribution in [0.2, 0.25) is 0 Å². The van der Waals surface area contributed by atoms with E-state index in [1.54, 1.807) is 0 Å². The van der Waals surface area contributed by atoms with Crippen molar-refractivity contribution in [1.82, 2.24) is 19.1 Å². The number of fused-ring (bicyclic) bond motifs is 2. The molecule has 21 heavy (non-hydrogen) atoms. The molecule has 3 aromatic rings. The average Bonchev–Trinajstić information content (AvgIpc) is 2.89. The van der Waals surface area contributed by atoms with Gasteiger partial charge in [0.15, 0.2) is 5.16 Å². The number of nitrogens with zero attached hydrogens (tertiary/aromatic N) is 3. The maximum absolute atomic E-state index is 12.2. The Hall–Kier alpha value is -2.02. The molecule has 7 heteroatoms. The number of thioether (sulfide) groups is 1. The Kier molecular flexibility index (Phi) is 3.36. The number of hydrogen-bond donors (Lipinski definition) is 1. The van der Waals surface area contributed by atoms with E-state index in [0.717, 1.165) is 27.2 Å². The predicted octanol–water partition coefficient (Wildman–Crippen LogP) is 1.80. The Bertz CT molecular complexity index is 877. The second-order valence-electron chi connectivity index (χ2n) is 4.70. The van der Waals surface area contributed by atoms with Crippen molar-refractivity contribution in [3.8, 4) is 0 Å². The molecule has 0 saturated carbocycles. The minimum atomic E-state index is -0.480. The summed E-state index contributed by atoms with van der Waals surface area (Å²) in [6.45, 7) is 4.64. The van der Waals surface area contributed by atoms with Crippen molar-refractivity contribution in [3.05, 3.63) is 32.8 Å². The van der Waals surface area contributed by atoms with Crippen molar-refractivity contribution in [1.29, 1.82) is 0 Å². The van der Waals surface area contributed by atoms with E-state index >= 15 is 0 Å². The van der Waals surface area contributed by atoms with Gasteiger partial charge in [0.05, 0.1) is 22.1 Å². The van der Waals surface area contributed by atoms with Crippen molar-refractivity contribution in [2.24, 2.45) is 0 Å². The molecule has 0 atom stereocenters. The summed E-state index contributed by atoms with van der Waals surface area (Å²) in [5, 5.41) is 0.816. The Morgan fingerprint density at radius 2 is 1.67 bits per heavy atom. The predicted molar refractivity (Wildman–Crippen MR) is 85.2 cm³/mol. The van der Waals surface area contributed by atoms with E-state index < -0.39 is 11.1 Å². The molecule has 0 amide bonds.